The molecule has 3 nitrogen and oxygen atoms in total. The maximum absolute atomic E-state index is 6.65. The second-order valence-corrected chi connectivity index (χ2v) is 16.0. The highest BCUT2D eigenvalue weighted by atomic mass is 16.3. The maximum Gasteiger partial charge on any atom is 0.160 e. The van der Waals surface area contributed by atoms with E-state index < -0.39 is 5.41 Å². The van der Waals surface area contributed by atoms with Gasteiger partial charge in [-0.15, -0.1) is 0 Å². The van der Waals surface area contributed by atoms with Gasteiger partial charge in [0.1, 0.15) is 11.2 Å². The molecule has 0 bridgehead atoms. The van der Waals surface area contributed by atoms with E-state index in [0.717, 1.165) is 55.2 Å². The van der Waals surface area contributed by atoms with Gasteiger partial charge in [0.2, 0.25) is 0 Å². The van der Waals surface area contributed by atoms with E-state index in [1.54, 1.807) is 0 Å². The van der Waals surface area contributed by atoms with Crippen LogP contribution in [0.4, 0.5) is 0 Å². The van der Waals surface area contributed by atoms with Crippen LogP contribution in [0.15, 0.2) is 211 Å². The van der Waals surface area contributed by atoms with Crippen LogP contribution >= 0.6 is 0 Å². The van der Waals surface area contributed by atoms with Crippen molar-refractivity contribution in [3.8, 4) is 67.2 Å². The highest BCUT2D eigenvalue weighted by molar-refractivity contribution is 6.15. The van der Waals surface area contributed by atoms with Crippen LogP contribution in [0, 0.1) is 0 Å². The van der Waals surface area contributed by atoms with Crippen molar-refractivity contribution in [3.63, 3.8) is 0 Å². The van der Waals surface area contributed by atoms with E-state index in [-0.39, 0.29) is 0 Å². The summed E-state index contributed by atoms with van der Waals surface area (Å²) in [5.41, 5.74) is 20.3. The van der Waals surface area contributed by atoms with Crippen molar-refractivity contribution in [2.45, 2.75) is 5.41 Å². The van der Waals surface area contributed by atoms with E-state index in [2.05, 4.69) is 194 Å². The molecule has 2 aliphatic carbocycles. The Morgan fingerprint density at radius 1 is 0.350 bits per heavy atom. The lowest BCUT2D eigenvalue weighted by molar-refractivity contribution is 0.669. The molecule has 0 radical (unpaired) electrons. The van der Waals surface area contributed by atoms with Gasteiger partial charge in [0, 0.05) is 27.3 Å². The molecule has 0 unspecified atom stereocenters. The van der Waals surface area contributed by atoms with Crippen LogP contribution in [-0.2, 0) is 5.41 Å². The first kappa shape index (κ1) is 33.1. The zero-order valence-electron chi connectivity index (χ0n) is 32.4. The SMILES string of the molecule is c1ccc(-c2ccc(-c3nc(-c4ccc5oc6cccc(-c7cccc8c7-c7ccccc7C87c8ccccc8-c8ccccc87)c6c5c4)nc4ccccc34)cc2)cc1. The molecule has 11 aromatic rings. The zero-order chi connectivity index (χ0) is 39.4. The number of aromatic nitrogens is 2. The Kier molecular flexibility index (Phi) is 6.93. The van der Waals surface area contributed by atoms with Gasteiger partial charge in [0.25, 0.3) is 0 Å². The highest BCUT2D eigenvalue weighted by Crippen LogP contribution is 2.64. The normalized spacial score (nSPS) is 13.1. The number of para-hydroxylation sites is 1. The lowest BCUT2D eigenvalue weighted by Crippen LogP contribution is -2.25. The Morgan fingerprint density at radius 2 is 0.917 bits per heavy atom. The minimum atomic E-state index is -0.415. The van der Waals surface area contributed by atoms with E-state index in [1.807, 2.05) is 12.1 Å². The smallest absolute Gasteiger partial charge is 0.160 e. The molecule has 0 amide bonds. The summed E-state index contributed by atoms with van der Waals surface area (Å²) in [5, 5.41) is 3.15. The molecule has 2 heterocycles. The first-order valence-electron chi connectivity index (χ1n) is 20.6. The minimum absolute atomic E-state index is 0.415. The molecule has 0 atom stereocenters. The van der Waals surface area contributed by atoms with Crippen molar-refractivity contribution < 1.29 is 4.42 Å². The van der Waals surface area contributed by atoms with Gasteiger partial charge in [-0.1, -0.05) is 176 Å². The molecular weight excluding hydrogens is 729 g/mol. The van der Waals surface area contributed by atoms with E-state index >= 15 is 0 Å². The molecule has 1 spiro atoms. The van der Waals surface area contributed by atoms with E-state index in [1.165, 1.54) is 61.2 Å². The number of furan rings is 1. The maximum atomic E-state index is 6.65. The fourth-order valence-electron chi connectivity index (χ4n) is 10.4. The van der Waals surface area contributed by atoms with Gasteiger partial charge < -0.3 is 4.42 Å². The summed E-state index contributed by atoms with van der Waals surface area (Å²) in [7, 11) is 0. The van der Waals surface area contributed by atoms with Crippen molar-refractivity contribution in [1.82, 2.24) is 9.97 Å². The summed E-state index contributed by atoms with van der Waals surface area (Å²) in [6.45, 7) is 0. The fraction of sp³-hybridized carbons (Fsp3) is 0.0175. The van der Waals surface area contributed by atoms with Crippen molar-refractivity contribution >= 4 is 32.8 Å². The predicted octanol–water partition coefficient (Wildman–Crippen LogP) is 14.5. The van der Waals surface area contributed by atoms with Gasteiger partial charge in [-0.25, -0.2) is 9.97 Å². The van der Waals surface area contributed by atoms with E-state index in [4.69, 9.17) is 14.4 Å². The van der Waals surface area contributed by atoms with E-state index in [9.17, 15) is 0 Å². The largest absolute Gasteiger partial charge is 0.456 e. The fourth-order valence-corrected chi connectivity index (χ4v) is 10.4. The van der Waals surface area contributed by atoms with Crippen LogP contribution in [0.5, 0.6) is 0 Å². The van der Waals surface area contributed by atoms with Crippen LogP contribution in [0.25, 0.3) is 100.0 Å². The van der Waals surface area contributed by atoms with Gasteiger partial charge in [-0.2, -0.15) is 0 Å². The van der Waals surface area contributed by atoms with Gasteiger partial charge >= 0.3 is 0 Å². The molecule has 13 rings (SSSR count). The molecule has 3 heteroatoms. The molecule has 0 saturated heterocycles. The van der Waals surface area contributed by atoms with Gasteiger partial charge in [0.05, 0.1) is 16.6 Å². The third kappa shape index (κ3) is 4.54. The third-order valence-electron chi connectivity index (χ3n) is 12.9. The lowest BCUT2D eigenvalue weighted by Gasteiger charge is -2.30. The van der Waals surface area contributed by atoms with Crippen LogP contribution in [0.1, 0.15) is 22.3 Å². The second-order valence-electron chi connectivity index (χ2n) is 16.0. The summed E-state index contributed by atoms with van der Waals surface area (Å²) >= 11 is 0. The van der Waals surface area contributed by atoms with Gasteiger partial charge in [-0.05, 0) is 97.1 Å². The molecule has 2 aliphatic rings. The summed E-state index contributed by atoms with van der Waals surface area (Å²) < 4.78 is 6.65. The lowest BCUT2D eigenvalue weighted by atomic mass is 9.70. The summed E-state index contributed by atoms with van der Waals surface area (Å²) in [4.78, 5) is 10.5. The predicted molar refractivity (Wildman–Crippen MR) is 245 cm³/mol. The number of nitrogens with zero attached hydrogens (tertiary/aromatic N) is 2. The van der Waals surface area contributed by atoms with Crippen LogP contribution < -0.4 is 0 Å². The molecule has 278 valence electrons. The number of fused-ring (bicyclic) bond motifs is 14. The van der Waals surface area contributed by atoms with Gasteiger partial charge in [0.15, 0.2) is 5.82 Å². The topological polar surface area (TPSA) is 38.9 Å². The molecule has 0 N–H and O–H groups in total. The molecule has 2 aromatic heterocycles. The molecule has 0 saturated carbocycles. The van der Waals surface area contributed by atoms with Crippen molar-refractivity contribution in [3.05, 3.63) is 229 Å². The first-order valence-corrected chi connectivity index (χ1v) is 20.6. The monoisotopic (exact) mass is 762 g/mol. The highest BCUT2D eigenvalue weighted by Gasteiger charge is 2.52. The summed E-state index contributed by atoms with van der Waals surface area (Å²) in [6, 6.07) is 74.2. The standard InChI is InChI=1S/C57H34N2O/c1-2-14-35(15-3-1)36-28-30-37(31-29-36)55-44-19-7-11-26-50(44)58-56(59-55)38-32-33-51-45(34-38)54-42(21-13-27-52(54)60-51)41-20-12-25-49-53(41)43-18-6-10-24-48(43)57(49)46-22-8-4-16-39(46)40-17-5-9-23-47(40)57/h1-34H. The molecule has 60 heavy (non-hydrogen) atoms. The molecule has 9 aromatic carbocycles. The number of hydrogen-bond donors (Lipinski definition) is 0. The van der Waals surface area contributed by atoms with Crippen LogP contribution in [0.3, 0.4) is 0 Å². The average Bonchev–Trinajstić information content (AvgIpc) is 3.96. The number of benzene rings is 9. The zero-order valence-corrected chi connectivity index (χ0v) is 32.4. The van der Waals surface area contributed by atoms with Crippen LogP contribution in [-0.4, -0.2) is 9.97 Å². The second kappa shape index (κ2) is 12.6. The first-order chi connectivity index (χ1) is 29.8. The molecular formula is C57H34N2O. The Hall–Kier alpha value is -7.88. The summed E-state index contributed by atoms with van der Waals surface area (Å²) in [5.74, 6) is 0.680. The number of hydrogen-bond acceptors (Lipinski definition) is 3. The van der Waals surface area contributed by atoms with Crippen molar-refractivity contribution in [2.24, 2.45) is 0 Å². The Morgan fingerprint density at radius 3 is 1.70 bits per heavy atom. The minimum Gasteiger partial charge on any atom is -0.456 e. The van der Waals surface area contributed by atoms with Gasteiger partial charge in [-0.3, -0.25) is 0 Å². The molecule has 0 aliphatic heterocycles. The van der Waals surface area contributed by atoms with Crippen LogP contribution in [0.2, 0.25) is 0 Å². The number of rotatable bonds is 4. The quantitative estimate of drug-likeness (QED) is 0.179. The summed E-state index contributed by atoms with van der Waals surface area (Å²) in [6.07, 6.45) is 0. The average molecular weight is 763 g/mol. The van der Waals surface area contributed by atoms with Crippen molar-refractivity contribution in [1.29, 1.82) is 0 Å². The Balaban J connectivity index is 1.01. The Bertz CT molecular complexity index is 3500. The Labute approximate surface area is 346 Å². The third-order valence-corrected chi connectivity index (χ3v) is 12.9. The van der Waals surface area contributed by atoms with Crippen molar-refractivity contribution in [2.75, 3.05) is 0 Å². The molecule has 0 fully saturated rings. The van der Waals surface area contributed by atoms with E-state index in [0.29, 0.717) is 5.82 Å².